The van der Waals surface area contributed by atoms with Crippen LogP contribution < -0.4 is 0 Å². The molecule has 0 aromatic heterocycles. The van der Waals surface area contributed by atoms with E-state index in [1.807, 2.05) is 13.8 Å². The summed E-state index contributed by atoms with van der Waals surface area (Å²) in [5.74, 6) is -0.754. The van der Waals surface area contributed by atoms with Crippen LogP contribution >= 0.6 is 0 Å². The Kier molecular flexibility index (Phi) is 5.64. The van der Waals surface area contributed by atoms with E-state index in [9.17, 15) is 14.4 Å². The Hall–Kier alpha value is -1.95. The molecule has 6 nitrogen and oxygen atoms in total. The summed E-state index contributed by atoms with van der Waals surface area (Å²) >= 11 is 0. The van der Waals surface area contributed by atoms with Crippen LogP contribution in [-0.2, 0) is 23.9 Å². The van der Waals surface area contributed by atoms with E-state index in [0.717, 1.165) is 0 Å². The maximum Gasteiger partial charge on any atom is 0.333 e. The lowest BCUT2D eigenvalue weighted by molar-refractivity contribution is -0.140. The molecule has 2 amide bonds. The Labute approximate surface area is 118 Å². The van der Waals surface area contributed by atoms with E-state index in [0.29, 0.717) is 18.8 Å². The minimum atomic E-state index is -0.337. The normalized spacial score (nSPS) is 19.8. The summed E-state index contributed by atoms with van der Waals surface area (Å²) in [7, 11) is 0. The van der Waals surface area contributed by atoms with Gasteiger partial charge in [-0.2, -0.15) is 0 Å². The van der Waals surface area contributed by atoms with Crippen LogP contribution in [0.2, 0.25) is 0 Å². The molecule has 0 saturated carbocycles. The van der Waals surface area contributed by atoms with Crippen molar-refractivity contribution in [2.75, 3.05) is 13.2 Å². The molecule has 2 heterocycles. The van der Waals surface area contributed by atoms with Gasteiger partial charge in [-0.15, -0.1) is 0 Å². The van der Waals surface area contributed by atoms with E-state index in [-0.39, 0.29) is 29.9 Å². The van der Waals surface area contributed by atoms with Crippen molar-refractivity contribution >= 4 is 17.8 Å². The second-order valence-electron chi connectivity index (χ2n) is 4.81. The van der Waals surface area contributed by atoms with E-state index in [1.54, 1.807) is 6.92 Å². The third kappa shape index (κ3) is 4.97. The quantitative estimate of drug-likeness (QED) is 0.330. The number of ether oxygens (including phenoxy) is 2. The van der Waals surface area contributed by atoms with Crippen molar-refractivity contribution in [1.29, 1.82) is 0 Å². The molecule has 2 rings (SSSR count). The molecule has 0 bridgehead atoms. The van der Waals surface area contributed by atoms with Gasteiger partial charge in [0, 0.05) is 23.8 Å². The average Bonchev–Trinajstić information content (AvgIpc) is 3.12. The SMILES string of the molecule is C=C(C)C(=O)OCC1CO1.CC(C)N1C(=O)C=CC1=O. The second-order valence-corrected chi connectivity index (χ2v) is 4.81. The maximum atomic E-state index is 10.8. The molecule has 0 N–H and O–H groups in total. The maximum absolute atomic E-state index is 10.8. The van der Waals surface area contributed by atoms with Gasteiger partial charge in [-0.1, -0.05) is 6.58 Å². The van der Waals surface area contributed by atoms with Gasteiger partial charge in [0.2, 0.25) is 0 Å². The van der Waals surface area contributed by atoms with Crippen LogP contribution in [-0.4, -0.2) is 48.0 Å². The first-order chi connectivity index (χ1) is 9.32. The highest BCUT2D eigenvalue weighted by Gasteiger charge is 2.25. The van der Waals surface area contributed by atoms with Crippen LogP contribution in [0.1, 0.15) is 20.8 Å². The predicted molar refractivity (Wildman–Crippen MR) is 71.6 cm³/mol. The zero-order valence-corrected chi connectivity index (χ0v) is 11.9. The summed E-state index contributed by atoms with van der Waals surface area (Å²) < 4.78 is 9.60. The van der Waals surface area contributed by atoms with Crippen LogP contribution in [0.3, 0.4) is 0 Å². The van der Waals surface area contributed by atoms with Crippen LogP contribution in [0.15, 0.2) is 24.3 Å². The van der Waals surface area contributed by atoms with Crippen LogP contribution in [0.5, 0.6) is 0 Å². The van der Waals surface area contributed by atoms with Crippen molar-refractivity contribution < 1.29 is 23.9 Å². The molecule has 0 radical (unpaired) electrons. The summed E-state index contributed by atoms with van der Waals surface area (Å²) in [6, 6.07) is -0.0324. The van der Waals surface area contributed by atoms with Gasteiger partial charge in [-0.3, -0.25) is 14.5 Å². The third-order valence-electron chi connectivity index (χ3n) is 2.51. The number of nitrogens with zero attached hydrogens (tertiary/aromatic N) is 1. The molecule has 1 fully saturated rings. The lowest BCUT2D eigenvalue weighted by Gasteiger charge is -2.17. The van der Waals surface area contributed by atoms with Gasteiger partial charge in [0.1, 0.15) is 12.7 Å². The molecule has 1 unspecified atom stereocenters. The molecule has 110 valence electrons. The summed E-state index contributed by atoms with van der Waals surface area (Å²) in [4.78, 5) is 33.6. The number of hydrogen-bond donors (Lipinski definition) is 0. The van der Waals surface area contributed by atoms with E-state index in [1.165, 1.54) is 17.1 Å². The fourth-order valence-corrected chi connectivity index (χ4v) is 1.38. The van der Waals surface area contributed by atoms with Crippen molar-refractivity contribution in [2.45, 2.75) is 32.9 Å². The minimum Gasteiger partial charge on any atom is -0.459 e. The largest absolute Gasteiger partial charge is 0.459 e. The molecule has 20 heavy (non-hydrogen) atoms. The number of imide groups is 1. The number of carbonyl (C=O) groups excluding carboxylic acids is 3. The van der Waals surface area contributed by atoms with E-state index >= 15 is 0 Å². The number of rotatable bonds is 4. The third-order valence-corrected chi connectivity index (χ3v) is 2.51. The number of hydrogen-bond acceptors (Lipinski definition) is 5. The molecule has 2 aliphatic rings. The number of epoxide rings is 1. The molecule has 0 aliphatic carbocycles. The fourth-order valence-electron chi connectivity index (χ4n) is 1.38. The molecule has 6 heteroatoms. The summed E-state index contributed by atoms with van der Waals surface area (Å²) in [5, 5.41) is 0. The van der Waals surface area contributed by atoms with Crippen molar-refractivity contribution in [3.05, 3.63) is 24.3 Å². The van der Waals surface area contributed by atoms with Gasteiger partial charge in [0.05, 0.1) is 6.61 Å². The summed E-state index contributed by atoms with van der Waals surface area (Å²) in [5.41, 5.74) is 0.431. The van der Waals surface area contributed by atoms with Gasteiger partial charge in [0.15, 0.2) is 0 Å². The molecule has 1 saturated heterocycles. The lowest BCUT2D eigenvalue weighted by Crippen LogP contribution is -2.36. The molecule has 2 aliphatic heterocycles. The van der Waals surface area contributed by atoms with Gasteiger partial charge in [0.25, 0.3) is 11.8 Å². The van der Waals surface area contributed by atoms with E-state index in [4.69, 9.17) is 9.47 Å². The zero-order valence-electron chi connectivity index (χ0n) is 11.9. The first kappa shape index (κ1) is 16.1. The fraction of sp³-hybridized carbons (Fsp3) is 0.500. The first-order valence-corrected chi connectivity index (χ1v) is 6.32. The monoisotopic (exact) mass is 281 g/mol. The van der Waals surface area contributed by atoms with Crippen LogP contribution in [0.4, 0.5) is 0 Å². The summed E-state index contributed by atoms with van der Waals surface area (Å²) in [6.07, 6.45) is 2.73. The molecule has 0 aromatic rings. The van der Waals surface area contributed by atoms with Gasteiger partial charge in [-0.05, 0) is 20.8 Å². The van der Waals surface area contributed by atoms with Crippen molar-refractivity contribution in [2.24, 2.45) is 0 Å². The Morgan fingerprint density at radius 1 is 1.45 bits per heavy atom. The highest BCUT2D eigenvalue weighted by Crippen LogP contribution is 2.09. The molecular weight excluding hydrogens is 262 g/mol. The van der Waals surface area contributed by atoms with Crippen LogP contribution in [0.25, 0.3) is 0 Å². The minimum absolute atomic E-state index is 0.0324. The highest BCUT2D eigenvalue weighted by atomic mass is 16.6. The smallest absolute Gasteiger partial charge is 0.333 e. The molecular formula is C14H19NO5. The Balaban J connectivity index is 0.000000200. The first-order valence-electron chi connectivity index (χ1n) is 6.32. The molecule has 1 atom stereocenters. The Bertz CT molecular complexity index is 430. The number of esters is 1. The number of amides is 2. The second kappa shape index (κ2) is 7.00. The van der Waals surface area contributed by atoms with Gasteiger partial charge < -0.3 is 9.47 Å². The van der Waals surface area contributed by atoms with Gasteiger partial charge in [-0.25, -0.2) is 4.79 Å². The zero-order chi connectivity index (χ0) is 15.3. The van der Waals surface area contributed by atoms with E-state index in [2.05, 4.69) is 6.58 Å². The summed E-state index contributed by atoms with van der Waals surface area (Å²) in [6.45, 7) is 9.75. The standard InChI is InChI=1S/C7H9NO2.C7H10O3/c1-5(2)8-6(9)3-4-7(8)10;1-5(2)7(8)10-4-6-3-9-6/h3-5H,1-2H3;6H,1,3-4H2,2H3. The van der Waals surface area contributed by atoms with Crippen LogP contribution in [0, 0.1) is 0 Å². The Morgan fingerprint density at radius 2 is 1.95 bits per heavy atom. The lowest BCUT2D eigenvalue weighted by atomic mass is 10.3. The van der Waals surface area contributed by atoms with E-state index < -0.39 is 0 Å². The van der Waals surface area contributed by atoms with Crippen molar-refractivity contribution in [3.8, 4) is 0 Å². The molecule has 0 aromatic carbocycles. The predicted octanol–water partition coefficient (Wildman–Crippen LogP) is 0.824. The van der Waals surface area contributed by atoms with Crippen molar-refractivity contribution in [3.63, 3.8) is 0 Å². The molecule has 0 spiro atoms. The number of carbonyl (C=O) groups is 3. The van der Waals surface area contributed by atoms with Gasteiger partial charge >= 0.3 is 5.97 Å². The highest BCUT2D eigenvalue weighted by molar-refractivity contribution is 6.13. The average molecular weight is 281 g/mol. The van der Waals surface area contributed by atoms with Crippen molar-refractivity contribution in [1.82, 2.24) is 4.90 Å². The topological polar surface area (TPSA) is 76.2 Å². The Morgan fingerprint density at radius 3 is 2.25 bits per heavy atom.